The van der Waals surface area contributed by atoms with Gasteiger partial charge in [0.05, 0.1) is 0 Å². The van der Waals surface area contributed by atoms with Crippen molar-refractivity contribution in [3.05, 3.63) is 58.4 Å². The van der Waals surface area contributed by atoms with Gasteiger partial charge in [0, 0.05) is 17.1 Å². The minimum atomic E-state index is -0.334. The van der Waals surface area contributed by atoms with Gasteiger partial charge in [0.2, 0.25) is 0 Å². The van der Waals surface area contributed by atoms with E-state index >= 15 is 0 Å². The van der Waals surface area contributed by atoms with E-state index in [1.165, 1.54) is 12.1 Å². The van der Waals surface area contributed by atoms with Crippen LogP contribution in [-0.4, -0.2) is 0 Å². The van der Waals surface area contributed by atoms with Crippen molar-refractivity contribution in [2.75, 3.05) is 0 Å². The molecule has 19 heavy (non-hydrogen) atoms. The minimum Gasteiger partial charge on any atom is -0.457 e. The molecule has 0 amide bonds. The first-order valence-corrected chi connectivity index (χ1v) is 6.34. The van der Waals surface area contributed by atoms with Crippen molar-refractivity contribution in [3.63, 3.8) is 0 Å². The van der Waals surface area contributed by atoms with Crippen molar-refractivity contribution >= 4 is 11.6 Å². The van der Waals surface area contributed by atoms with Crippen molar-refractivity contribution in [3.8, 4) is 11.5 Å². The third-order valence-electron chi connectivity index (χ3n) is 2.84. The standard InChI is InChI=1S/C15H15ClFNO/c1-9-3-4-11(17)7-15(9)19-12-5-6-13(10(2)18)14(16)8-12/h3-8,10H,18H2,1-2H3. The van der Waals surface area contributed by atoms with Gasteiger partial charge in [0.15, 0.2) is 0 Å². The molecule has 100 valence electrons. The smallest absolute Gasteiger partial charge is 0.133 e. The van der Waals surface area contributed by atoms with Crippen molar-refractivity contribution in [2.24, 2.45) is 5.73 Å². The second-order valence-electron chi connectivity index (χ2n) is 4.48. The van der Waals surface area contributed by atoms with Crippen LogP contribution in [0.5, 0.6) is 11.5 Å². The number of nitrogens with two attached hydrogens (primary N) is 1. The number of hydrogen-bond acceptors (Lipinski definition) is 2. The highest BCUT2D eigenvalue weighted by atomic mass is 35.5. The van der Waals surface area contributed by atoms with E-state index in [1.807, 2.05) is 19.9 Å². The first-order valence-electron chi connectivity index (χ1n) is 5.96. The van der Waals surface area contributed by atoms with Crippen LogP contribution in [0.15, 0.2) is 36.4 Å². The average Bonchev–Trinajstić information content (AvgIpc) is 2.33. The number of ether oxygens (including phenoxy) is 1. The zero-order valence-corrected chi connectivity index (χ0v) is 11.5. The molecule has 1 unspecified atom stereocenters. The Balaban J connectivity index is 2.29. The molecule has 2 nitrogen and oxygen atoms in total. The zero-order valence-electron chi connectivity index (χ0n) is 10.8. The molecule has 1 atom stereocenters. The Bertz CT molecular complexity index is 599. The Labute approximate surface area is 117 Å². The summed E-state index contributed by atoms with van der Waals surface area (Å²) in [5.41, 5.74) is 7.49. The van der Waals surface area contributed by atoms with E-state index in [4.69, 9.17) is 22.1 Å². The second-order valence-corrected chi connectivity index (χ2v) is 4.89. The van der Waals surface area contributed by atoms with Gasteiger partial charge in [-0.15, -0.1) is 0 Å². The predicted octanol–water partition coefficient (Wildman–Crippen LogP) is 4.60. The normalized spacial score (nSPS) is 12.3. The van der Waals surface area contributed by atoms with E-state index < -0.39 is 0 Å². The van der Waals surface area contributed by atoms with Crippen LogP contribution in [0.1, 0.15) is 24.1 Å². The third-order valence-corrected chi connectivity index (χ3v) is 3.17. The first-order chi connectivity index (χ1) is 8.97. The highest BCUT2D eigenvalue weighted by molar-refractivity contribution is 6.31. The third kappa shape index (κ3) is 3.25. The molecule has 4 heteroatoms. The van der Waals surface area contributed by atoms with Gasteiger partial charge in [-0.3, -0.25) is 0 Å². The Morgan fingerprint density at radius 2 is 1.95 bits per heavy atom. The topological polar surface area (TPSA) is 35.2 Å². The van der Waals surface area contributed by atoms with Crippen LogP contribution >= 0.6 is 11.6 Å². The molecule has 0 aromatic heterocycles. The molecule has 0 fully saturated rings. The predicted molar refractivity (Wildman–Crippen MR) is 75.3 cm³/mol. The largest absolute Gasteiger partial charge is 0.457 e. The first kappa shape index (κ1) is 13.8. The highest BCUT2D eigenvalue weighted by Gasteiger charge is 2.08. The molecule has 0 aliphatic heterocycles. The molecule has 0 spiro atoms. The van der Waals surface area contributed by atoms with Crippen LogP contribution in [0.3, 0.4) is 0 Å². The molecule has 2 rings (SSSR count). The molecular weight excluding hydrogens is 265 g/mol. The second kappa shape index (κ2) is 5.59. The SMILES string of the molecule is Cc1ccc(F)cc1Oc1ccc(C(C)N)c(Cl)c1. The molecule has 0 saturated carbocycles. The van der Waals surface area contributed by atoms with Crippen molar-refractivity contribution in [1.82, 2.24) is 0 Å². The fourth-order valence-corrected chi connectivity index (χ4v) is 2.09. The van der Waals surface area contributed by atoms with Gasteiger partial charge < -0.3 is 10.5 Å². The van der Waals surface area contributed by atoms with E-state index in [1.54, 1.807) is 18.2 Å². The van der Waals surface area contributed by atoms with Gasteiger partial charge in [0.25, 0.3) is 0 Å². The van der Waals surface area contributed by atoms with Crippen LogP contribution in [0, 0.1) is 12.7 Å². The van der Waals surface area contributed by atoms with Crippen LogP contribution in [0.4, 0.5) is 4.39 Å². The van der Waals surface area contributed by atoms with Crippen molar-refractivity contribution in [1.29, 1.82) is 0 Å². The molecular formula is C15H15ClFNO. The summed E-state index contributed by atoms with van der Waals surface area (Å²) < 4.78 is 18.8. The van der Waals surface area contributed by atoms with E-state index in [2.05, 4.69) is 0 Å². The van der Waals surface area contributed by atoms with E-state index in [9.17, 15) is 4.39 Å². The maximum atomic E-state index is 13.2. The number of aryl methyl sites for hydroxylation is 1. The summed E-state index contributed by atoms with van der Waals surface area (Å²) in [6.07, 6.45) is 0. The van der Waals surface area contributed by atoms with E-state index in [0.29, 0.717) is 16.5 Å². The van der Waals surface area contributed by atoms with Crippen molar-refractivity contribution < 1.29 is 9.13 Å². The molecule has 0 aliphatic rings. The molecule has 0 saturated heterocycles. The lowest BCUT2D eigenvalue weighted by atomic mass is 10.1. The van der Waals surface area contributed by atoms with Crippen LogP contribution in [0.25, 0.3) is 0 Å². The number of hydrogen-bond donors (Lipinski definition) is 1. The lowest BCUT2D eigenvalue weighted by Crippen LogP contribution is -2.05. The summed E-state index contributed by atoms with van der Waals surface area (Å²) in [6.45, 7) is 3.71. The summed E-state index contributed by atoms with van der Waals surface area (Å²) in [4.78, 5) is 0. The van der Waals surface area contributed by atoms with Crippen LogP contribution < -0.4 is 10.5 Å². The van der Waals surface area contributed by atoms with Crippen LogP contribution in [-0.2, 0) is 0 Å². The summed E-state index contributed by atoms with van der Waals surface area (Å²) in [5.74, 6) is 0.701. The van der Waals surface area contributed by atoms with Gasteiger partial charge in [-0.25, -0.2) is 4.39 Å². The fourth-order valence-electron chi connectivity index (χ4n) is 1.75. The van der Waals surface area contributed by atoms with Crippen molar-refractivity contribution in [2.45, 2.75) is 19.9 Å². The molecule has 0 radical (unpaired) electrons. The Kier molecular flexibility index (Phi) is 4.08. The lowest BCUT2D eigenvalue weighted by Gasteiger charge is -2.12. The van der Waals surface area contributed by atoms with Crippen LogP contribution in [0.2, 0.25) is 5.02 Å². The number of benzene rings is 2. The molecule has 2 N–H and O–H groups in total. The summed E-state index contributed by atoms with van der Waals surface area (Å²) in [6, 6.07) is 9.55. The summed E-state index contributed by atoms with van der Waals surface area (Å²) in [7, 11) is 0. The monoisotopic (exact) mass is 279 g/mol. The molecule has 0 aliphatic carbocycles. The molecule has 0 heterocycles. The van der Waals surface area contributed by atoms with Gasteiger partial charge in [-0.2, -0.15) is 0 Å². The summed E-state index contributed by atoms with van der Waals surface area (Å²) in [5, 5.41) is 0.543. The quantitative estimate of drug-likeness (QED) is 0.891. The molecule has 2 aromatic rings. The molecule has 0 bridgehead atoms. The van der Waals surface area contributed by atoms with Gasteiger partial charge >= 0.3 is 0 Å². The number of rotatable bonds is 3. The fraction of sp³-hybridized carbons (Fsp3) is 0.200. The maximum absolute atomic E-state index is 13.2. The minimum absolute atomic E-state index is 0.141. The maximum Gasteiger partial charge on any atom is 0.133 e. The lowest BCUT2D eigenvalue weighted by molar-refractivity contribution is 0.472. The Hall–Kier alpha value is -1.58. The Morgan fingerprint density at radius 3 is 2.58 bits per heavy atom. The van der Waals surface area contributed by atoms with E-state index in [0.717, 1.165) is 11.1 Å². The summed E-state index contributed by atoms with van der Waals surface area (Å²) >= 11 is 6.13. The van der Waals surface area contributed by atoms with Gasteiger partial charge in [0.1, 0.15) is 17.3 Å². The number of halogens is 2. The van der Waals surface area contributed by atoms with Gasteiger partial charge in [-0.05, 0) is 43.2 Å². The van der Waals surface area contributed by atoms with Gasteiger partial charge in [-0.1, -0.05) is 23.7 Å². The zero-order chi connectivity index (χ0) is 14.0. The Morgan fingerprint density at radius 1 is 1.21 bits per heavy atom. The average molecular weight is 280 g/mol. The van der Waals surface area contributed by atoms with E-state index in [-0.39, 0.29) is 11.9 Å². The highest BCUT2D eigenvalue weighted by Crippen LogP contribution is 2.30. The molecule has 2 aromatic carbocycles.